The minimum atomic E-state index is -1.18. The highest BCUT2D eigenvalue weighted by atomic mass is 16.7. The first-order chi connectivity index (χ1) is 5.73. The van der Waals surface area contributed by atoms with E-state index >= 15 is 0 Å². The van der Waals surface area contributed by atoms with E-state index in [-0.39, 0.29) is 5.41 Å². The van der Waals surface area contributed by atoms with Crippen LogP contribution in [0.3, 0.4) is 0 Å². The van der Waals surface area contributed by atoms with Gasteiger partial charge in [-0.3, -0.25) is 0 Å². The van der Waals surface area contributed by atoms with Crippen LogP contribution in [0.5, 0.6) is 0 Å². The van der Waals surface area contributed by atoms with Gasteiger partial charge in [-0.05, 0) is 6.42 Å². The van der Waals surface area contributed by atoms with Crippen LogP contribution in [0.4, 0.5) is 4.79 Å². The minimum absolute atomic E-state index is 0.148. The van der Waals surface area contributed by atoms with Crippen LogP contribution >= 0.6 is 0 Å². The molecule has 0 amide bonds. The summed E-state index contributed by atoms with van der Waals surface area (Å²) in [5, 5.41) is 8.26. The molecule has 0 aromatic heterocycles. The summed E-state index contributed by atoms with van der Waals surface area (Å²) < 4.78 is 4.50. The van der Waals surface area contributed by atoms with Crippen LogP contribution in [0.25, 0.3) is 0 Å². The van der Waals surface area contributed by atoms with Crippen LogP contribution in [-0.2, 0) is 4.74 Å². The first-order valence-electron chi connectivity index (χ1n) is 3.96. The van der Waals surface area contributed by atoms with Gasteiger partial charge in [0.1, 0.15) is 0 Å². The number of allylic oxidation sites excluding steroid dienone is 4. The van der Waals surface area contributed by atoms with E-state index in [1.807, 2.05) is 12.2 Å². The molecule has 1 saturated carbocycles. The topological polar surface area (TPSA) is 46.5 Å². The van der Waals surface area contributed by atoms with Crippen molar-refractivity contribution in [3.05, 3.63) is 24.3 Å². The highest BCUT2D eigenvalue weighted by Gasteiger charge is 2.51. The lowest BCUT2D eigenvalue weighted by Crippen LogP contribution is -2.06. The largest absolute Gasteiger partial charge is 0.505 e. The average Bonchev–Trinajstić information content (AvgIpc) is 2.42. The van der Waals surface area contributed by atoms with Gasteiger partial charge in [-0.1, -0.05) is 24.3 Å². The highest BCUT2D eigenvalue weighted by Crippen LogP contribution is 2.56. The molecule has 0 saturated heterocycles. The van der Waals surface area contributed by atoms with Gasteiger partial charge in [-0.25, -0.2) is 4.79 Å². The Morgan fingerprint density at radius 1 is 1.58 bits per heavy atom. The van der Waals surface area contributed by atoms with Crippen molar-refractivity contribution in [1.82, 2.24) is 0 Å². The summed E-state index contributed by atoms with van der Waals surface area (Å²) in [6, 6.07) is 0. The molecule has 1 atom stereocenters. The Kier molecular flexibility index (Phi) is 1.46. The Balaban J connectivity index is 1.84. The summed E-state index contributed by atoms with van der Waals surface area (Å²) in [5.41, 5.74) is 0.148. The fourth-order valence-corrected chi connectivity index (χ4v) is 1.69. The van der Waals surface area contributed by atoms with Crippen molar-refractivity contribution in [2.45, 2.75) is 6.42 Å². The standard InChI is InChI=1S/C9H10O3/c10-8(11)12-6-7-5-9(7)3-1-2-4-9/h1-4,7H,5-6H2,(H,10,11). The van der Waals surface area contributed by atoms with Crippen LogP contribution in [0, 0.1) is 11.3 Å². The van der Waals surface area contributed by atoms with E-state index in [2.05, 4.69) is 16.9 Å². The summed E-state index contributed by atoms with van der Waals surface area (Å²) >= 11 is 0. The normalized spacial score (nSPS) is 27.8. The van der Waals surface area contributed by atoms with Crippen molar-refractivity contribution in [3.63, 3.8) is 0 Å². The van der Waals surface area contributed by atoms with Gasteiger partial charge in [-0.15, -0.1) is 0 Å². The summed E-state index contributed by atoms with van der Waals surface area (Å²) in [5.74, 6) is 0.364. The third-order valence-corrected chi connectivity index (χ3v) is 2.53. The van der Waals surface area contributed by atoms with E-state index in [1.54, 1.807) is 0 Å². The predicted octanol–water partition coefficient (Wildman–Crippen LogP) is 1.81. The molecule has 0 heterocycles. The molecule has 1 N–H and O–H groups in total. The van der Waals surface area contributed by atoms with Crippen molar-refractivity contribution in [2.24, 2.45) is 11.3 Å². The van der Waals surface area contributed by atoms with Gasteiger partial charge in [0.15, 0.2) is 0 Å². The smallest absolute Gasteiger partial charge is 0.450 e. The molecule has 0 aliphatic heterocycles. The maximum absolute atomic E-state index is 10.1. The second kappa shape index (κ2) is 2.37. The maximum atomic E-state index is 10.1. The molecule has 0 radical (unpaired) electrons. The van der Waals surface area contributed by atoms with E-state index in [4.69, 9.17) is 5.11 Å². The van der Waals surface area contributed by atoms with Gasteiger partial charge in [0.05, 0.1) is 6.61 Å². The van der Waals surface area contributed by atoms with Crippen molar-refractivity contribution in [1.29, 1.82) is 0 Å². The zero-order valence-corrected chi connectivity index (χ0v) is 6.56. The van der Waals surface area contributed by atoms with Crippen LogP contribution in [0.15, 0.2) is 24.3 Å². The number of carboxylic acid groups (broad SMARTS) is 1. The second-order valence-corrected chi connectivity index (χ2v) is 3.31. The molecule has 0 aromatic rings. The number of hydrogen-bond donors (Lipinski definition) is 1. The van der Waals surface area contributed by atoms with Crippen LogP contribution in [0.2, 0.25) is 0 Å². The number of rotatable bonds is 2. The Morgan fingerprint density at radius 2 is 2.25 bits per heavy atom. The molecule has 1 fully saturated rings. The van der Waals surface area contributed by atoms with Crippen molar-refractivity contribution >= 4 is 6.16 Å². The molecular formula is C9H10O3. The summed E-state index contributed by atoms with van der Waals surface area (Å²) in [4.78, 5) is 10.1. The van der Waals surface area contributed by atoms with E-state index in [0.717, 1.165) is 6.42 Å². The Bertz CT molecular complexity index is 253. The lowest BCUT2D eigenvalue weighted by atomic mass is 10.1. The number of hydrogen-bond acceptors (Lipinski definition) is 2. The Labute approximate surface area is 70.3 Å². The van der Waals surface area contributed by atoms with Gasteiger partial charge in [0.25, 0.3) is 0 Å². The first kappa shape index (κ1) is 7.40. The third-order valence-electron chi connectivity index (χ3n) is 2.53. The number of carbonyl (C=O) groups is 1. The summed E-state index contributed by atoms with van der Waals surface area (Å²) in [6.45, 7) is 0.323. The zero-order chi connectivity index (χ0) is 8.60. The molecule has 1 spiro atoms. The van der Waals surface area contributed by atoms with Crippen LogP contribution in [0.1, 0.15) is 6.42 Å². The maximum Gasteiger partial charge on any atom is 0.505 e. The number of ether oxygens (including phenoxy) is 1. The lowest BCUT2D eigenvalue weighted by Gasteiger charge is -2.02. The lowest BCUT2D eigenvalue weighted by molar-refractivity contribution is 0.0857. The fourth-order valence-electron chi connectivity index (χ4n) is 1.69. The predicted molar refractivity (Wildman–Crippen MR) is 42.8 cm³/mol. The van der Waals surface area contributed by atoms with E-state index in [9.17, 15) is 4.79 Å². The first-order valence-corrected chi connectivity index (χ1v) is 3.96. The Morgan fingerprint density at radius 3 is 2.83 bits per heavy atom. The summed E-state index contributed by atoms with van der Waals surface area (Å²) in [6.07, 6.45) is 8.07. The molecule has 1 unspecified atom stereocenters. The van der Waals surface area contributed by atoms with Gasteiger partial charge in [-0.2, -0.15) is 0 Å². The van der Waals surface area contributed by atoms with Crippen LogP contribution < -0.4 is 0 Å². The molecule has 2 rings (SSSR count). The molecule has 0 bridgehead atoms. The molecule has 12 heavy (non-hydrogen) atoms. The monoisotopic (exact) mass is 166 g/mol. The summed E-state index contributed by atoms with van der Waals surface area (Å²) in [7, 11) is 0. The second-order valence-electron chi connectivity index (χ2n) is 3.31. The average molecular weight is 166 g/mol. The molecule has 2 aliphatic rings. The van der Waals surface area contributed by atoms with E-state index in [0.29, 0.717) is 12.5 Å². The zero-order valence-electron chi connectivity index (χ0n) is 6.56. The fraction of sp³-hybridized carbons (Fsp3) is 0.444. The van der Waals surface area contributed by atoms with E-state index in [1.165, 1.54) is 0 Å². The molecule has 0 aromatic carbocycles. The molecule has 3 heteroatoms. The third kappa shape index (κ3) is 1.11. The van der Waals surface area contributed by atoms with Gasteiger partial charge in [0, 0.05) is 11.3 Å². The molecule has 3 nitrogen and oxygen atoms in total. The van der Waals surface area contributed by atoms with Gasteiger partial charge >= 0.3 is 6.16 Å². The minimum Gasteiger partial charge on any atom is -0.450 e. The van der Waals surface area contributed by atoms with Gasteiger partial charge < -0.3 is 9.84 Å². The van der Waals surface area contributed by atoms with Crippen molar-refractivity contribution in [3.8, 4) is 0 Å². The van der Waals surface area contributed by atoms with Gasteiger partial charge in [0.2, 0.25) is 0 Å². The Hall–Kier alpha value is -1.25. The quantitative estimate of drug-likeness (QED) is 0.636. The van der Waals surface area contributed by atoms with Crippen molar-refractivity contribution in [2.75, 3.05) is 6.61 Å². The van der Waals surface area contributed by atoms with Crippen LogP contribution in [-0.4, -0.2) is 17.9 Å². The highest BCUT2D eigenvalue weighted by molar-refractivity contribution is 5.56. The molecule has 2 aliphatic carbocycles. The molecular weight excluding hydrogens is 156 g/mol. The van der Waals surface area contributed by atoms with E-state index < -0.39 is 6.16 Å². The SMILES string of the molecule is O=C(O)OCC1CC12C=CC=C2. The van der Waals surface area contributed by atoms with Crippen molar-refractivity contribution < 1.29 is 14.6 Å². The molecule has 64 valence electrons.